The Morgan fingerprint density at radius 3 is 2.86 bits per heavy atom. The Bertz CT molecular complexity index is 491. The number of carbonyl (C=O) groups excluding carboxylic acids is 1. The molecule has 0 saturated carbocycles. The summed E-state index contributed by atoms with van der Waals surface area (Å²) >= 11 is 0. The number of hydrogen-bond donors (Lipinski definition) is 2. The average molecular weight is 308 g/mol. The van der Waals surface area contributed by atoms with Gasteiger partial charge < -0.3 is 20.3 Å². The Balaban J connectivity index is 1.91. The highest BCUT2D eigenvalue weighted by molar-refractivity contribution is 5.73. The zero-order valence-corrected chi connectivity index (χ0v) is 13.0. The Morgan fingerprint density at radius 2 is 2.18 bits per heavy atom. The summed E-state index contributed by atoms with van der Waals surface area (Å²) in [6.07, 6.45) is 0.273. The summed E-state index contributed by atoms with van der Waals surface area (Å²) in [6.45, 7) is 4.46. The van der Waals surface area contributed by atoms with E-state index >= 15 is 0 Å². The van der Waals surface area contributed by atoms with Gasteiger partial charge in [0.25, 0.3) is 0 Å². The van der Waals surface area contributed by atoms with Gasteiger partial charge in [0.2, 0.25) is 5.91 Å². The fourth-order valence-electron chi connectivity index (χ4n) is 2.40. The number of carbonyl (C=O) groups is 1. The van der Waals surface area contributed by atoms with E-state index in [4.69, 9.17) is 15.2 Å². The third-order valence-electron chi connectivity index (χ3n) is 3.64. The number of ether oxygens (including phenoxy) is 2. The predicted molar refractivity (Wildman–Crippen MR) is 82.7 cm³/mol. The molecule has 1 aromatic rings. The van der Waals surface area contributed by atoms with Gasteiger partial charge in [-0.2, -0.15) is 0 Å². The van der Waals surface area contributed by atoms with Crippen molar-refractivity contribution in [1.29, 1.82) is 0 Å². The summed E-state index contributed by atoms with van der Waals surface area (Å²) in [7, 11) is 0. The third kappa shape index (κ3) is 5.29. The van der Waals surface area contributed by atoms with Gasteiger partial charge in [-0.3, -0.25) is 9.69 Å². The van der Waals surface area contributed by atoms with Gasteiger partial charge in [0.05, 0.1) is 13.2 Å². The molecule has 1 aromatic carbocycles. The van der Waals surface area contributed by atoms with Gasteiger partial charge in [0, 0.05) is 26.1 Å². The maximum atomic E-state index is 10.9. The quantitative estimate of drug-likeness (QED) is 0.790. The lowest BCUT2D eigenvalue weighted by atomic mass is 10.1. The molecular weight excluding hydrogens is 284 g/mol. The minimum absolute atomic E-state index is 0.142. The van der Waals surface area contributed by atoms with E-state index in [0.717, 1.165) is 5.56 Å². The van der Waals surface area contributed by atoms with Crippen molar-refractivity contribution in [2.75, 3.05) is 39.5 Å². The number of β-amino-alcohol motifs (C(OH)–C–C–N with tert-alkyl or cyclic N) is 1. The lowest BCUT2D eigenvalue weighted by Gasteiger charge is -2.30. The number of aliphatic hydroxyl groups is 1. The van der Waals surface area contributed by atoms with E-state index in [9.17, 15) is 9.90 Å². The smallest absolute Gasteiger partial charge is 0.218 e. The molecule has 22 heavy (non-hydrogen) atoms. The number of nitrogens with two attached hydrogens (primary N) is 1. The van der Waals surface area contributed by atoms with Crippen LogP contribution in [0.5, 0.6) is 5.75 Å². The number of benzene rings is 1. The van der Waals surface area contributed by atoms with E-state index in [1.165, 1.54) is 0 Å². The zero-order valence-electron chi connectivity index (χ0n) is 13.0. The van der Waals surface area contributed by atoms with Crippen LogP contribution in [0.2, 0.25) is 0 Å². The van der Waals surface area contributed by atoms with Crippen molar-refractivity contribution in [3.8, 4) is 5.75 Å². The molecule has 1 atom stereocenters. The van der Waals surface area contributed by atoms with E-state index in [1.807, 2.05) is 36.1 Å². The van der Waals surface area contributed by atoms with Crippen LogP contribution in [0.3, 0.4) is 0 Å². The van der Waals surface area contributed by atoms with Crippen molar-refractivity contribution in [2.45, 2.75) is 18.9 Å². The minimum Gasteiger partial charge on any atom is -0.490 e. The van der Waals surface area contributed by atoms with Crippen molar-refractivity contribution in [3.63, 3.8) is 0 Å². The minimum atomic E-state index is -1.10. The molecular formula is C16H24N2O4. The molecule has 6 heteroatoms. The number of hydrogen-bond acceptors (Lipinski definition) is 5. The molecule has 1 aliphatic heterocycles. The molecule has 1 saturated heterocycles. The second kappa shape index (κ2) is 7.58. The largest absolute Gasteiger partial charge is 0.490 e. The summed E-state index contributed by atoms with van der Waals surface area (Å²) in [6, 6.07) is 7.67. The van der Waals surface area contributed by atoms with Gasteiger partial charge in [-0.15, -0.1) is 0 Å². The summed E-state index contributed by atoms with van der Waals surface area (Å²) in [5.41, 5.74) is 5.24. The van der Waals surface area contributed by atoms with Crippen LogP contribution in [0.4, 0.5) is 0 Å². The summed E-state index contributed by atoms with van der Waals surface area (Å²) in [5.74, 6) is 0.372. The van der Waals surface area contributed by atoms with Crippen LogP contribution in [0, 0.1) is 6.92 Å². The van der Waals surface area contributed by atoms with Crippen LogP contribution in [-0.2, 0) is 9.53 Å². The number of aryl methyl sites for hydroxylation is 1. The Morgan fingerprint density at radius 1 is 1.45 bits per heavy atom. The highest BCUT2D eigenvalue weighted by Gasteiger charge is 2.33. The van der Waals surface area contributed by atoms with E-state index in [0.29, 0.717) is 32.0 Å². The molecule has 0 bridgehead atoms. The summed E-state index contributed by atoms with van der Waals surface area (Å²) in [4.78, 5) is 12.9. The molecule has 1 amide bonds. The van der Waals surface area contributed by atoms with Crippen molar-refractivity contribution >= 4 is 5.91 Å². The molecule has 2 rings (SSSR count). The molecule has 1 aliphatic rings. The molecule has 1 fully saturated rings. The molecule has 1 heterocycles. The number of amides is 1. The highest BCUT2D eigenvalue weighted by Crippen LogP contribution is 2.17. The lowest BCUT2D eigenvalue weighted by Crippen LogP contribution is -2.49. The monoisotopic (exact) mass is 308 g/mol. The molecule has 0 aromatic heterocycles. The Labute approximate surface area is 130 Å². The molecule has 0 radical (unpaired) electrons. The predicted octanol–water partition coefficient (Wildman–Crippen LogP) is 0.313. The summed E-state index contributed by atoms with van der Waals surface area (Å²) in [5, 5.41) is 10.7. The van der Waals surface area contributed by atoms with Crippen molar-refractivity contribution in [2.24, 2.45) is 5.73 Å². The molecule has 3 N–H and O–H groups in total. The first kappa shape index (κ1) is 16.7. The Kier molecular flexibility index (Phi) is 5.76. The average Bonchev–Trinajstić information content (AvgIpc) is 2.67. The van der Waals surface area contributed by atoms with Crippen molar-refractivity contribution in [3.05, 3.63) is 29.8 Å². The number of primary amides is 1. The fraction of sp³-hybridized carbons (Fsp3) is 0.562. The second-order valence-corrected chi connectivity index (χ2v) is 5.87. The van der Waals surface area contributed by atoms with E-state index in [2.05, 4.69) is 0 Å². The van der Waals surface area contributed by atoms with E-state index in [1.54, 1.807) is 0 Å². The highest BCUT2D eigenvalue weighted by atomic mass is 16.5. The van der Waals surface area contributed by atoms with Crippen LogP contribution >= 0.6 is 0 Å². The Hall–Kier alpha value is -1.63. The number of nitrogens with zero attached hydrogens (tertiary/aromatic N) is 1. The SMILES string of the molecule is Cc1ccc(OC[C@@]2(O)COCCN(CCC(N)=O)C2)cc1. The van der Waals surface area contributed by atoms with Crippen LogP contribution in [-0.4, -0.2) is 61.0 Å². The first-order valence-corrected chi connectivity index (χ1v) is 7.47. The van der Waals surface area contributed by atoms with Crippen LogP contribution in [0.25, 0.3) is 0 Å². The van der Waals surface area contributed by atoms with Gasteiger partial charge in [-0.1, -0.05) is 17.7 Å². The first-order valence-electron chi connectivity index (χ1n) is 7.47. The van der Waals surface area contributed by atoms with Gasteiger partial charge in [0.1, 0.15) is 18.0 Å². The van der Waals surface area contributed by atoms with Crippen molar-refractivity contribution in [1.82, 2.24) is 4.90 Å². The van der Waals surface area contributed by atoms with Gasteiger partial charge in [0.15, 0.2) is 0 Å². The standard InChI is InChI=1S/C16H24N2O4/c1-13-2-4-14(5-3-13)22-12-16(20)10-18(7-6-15(17)19)8-9-21-11-16/h2-5,20H,6-12H2,1H3,(H2,17,19)/t16-/m0/s1. The molecule has 122 valence electrons. The van der Waals surface area contributed by atoms with Crippen LogP contribution in [0.1, 0.15) is 12.0 Å². The van der Waals surface area contributed by atoms with Gasteiger partial charge in [-0.05, 0) is 19.1 Å². The maximum Gasteiger partial charge on any atom is 0.218 e. The fourth-order valence-corrected chi connectivity index (χ4v) is 2.40. The number of rotatable bonds is 6. The van der Waals surface area contributed by atoms with E-state index in [-0.39, 0.29) is 25.5 Å². The van der Waals surface area contributed by atoms with Gasteiger partial charge >= 0.3 is 0 Å². The maximum absolute atomic E-state index is 10.9. The molecule has 0 spiro atoms. The molecule has 0 aliphatic carbocycles. The lowest BCUT2D eigenvalue weighted by molar-refractivity contribution is -0.118. The van der Waals surface area contributed by atoms with Crippen molar-refractivity contribution < 1.29 is 19.4 Å². The van der Waals surface area contributed by atoms with Crippen LogP contribution in [0.15, 0.2) is 24.3 Å². The topological polar surface area (TPSA) is 85.0 Å². The normalized spacial score (nSPS) is 23.0. The summed E-state index contributed by atoms with van der Waals surface area (Å²) < 4.78 is 11.2. The molecule has 0 unspecified atom stereocenters. The van der Waals surface area contributed by atoms with E-state index < -0.39 is 5.60 Å². The first-order chi connectivity index (χ1) is 10.5. The third-order valence-corrected chi connectivity index (χ3v) is 3.64. The second-order valence-electron chi connectivity index (χ2n) is 5.87. The van der Waals surface area contributed by atoms with Crippen LogP contribution < -0.4 is 10.5 Å². The molecule has 6 nitrogen and oxygen atoms in total. The van der Waals surface area contributed by atoms with Gasteiger partial charge in [-0.25, -0.2) is 0 Å². The zero-order chi connectivity index (χ0) is 16.0.